The van der Waals surface area contributed by atoms with Gasteiger partial charge in [0.1, 0.15) is 5.75 Å². The number of carbonyl (C=O) groups excluding carboxylic acids is 1. The number of H-pyrrole nitrogens is 1. The highest BCUT2D eigenvalue weighted by molar-refractivity contribution is 5.85. The van der Waals surface area contributed by atoms with Crippen LogP contribution in [0.4, 0.5) is 0 Å². The number of fused-ring (bicyclic) bond motifs is 1. The van der Waals surface area contributed by atoms with Crippen LogP contribution in [0.1, 0.15) is 11.3 Å². The standard InChI is InChI=1S/C17H15N3O2/c21-15-7-5-12(6-8-15)11-18-20-17(22)10-14-9-13-3-1-2-4-16(13)19-14/h1-9,11,19,21H,10H2,(H,20,22)/b18-11-. The predicted molar refractivity (Wildman–Crippen MR) is 85.8 cm³/mol. The molecule has 5 nitrogen and oxygen atoms in total. The molecule has 3 rings (SSSR count). The monoisotopic (exact) mass is 293 g/mol. The van der Waals surface area contributed by atoms with Crippen molar-refractivity contribution in [3.8, 4) is 5.75 Å². The minimum atomic E-state index is -0.193. The van der Waals surface area contributed by atoms with Crippen LogP contribution in [0.3, 0.4) is 0 Å². The van der Waals surface area contributed by atoms with Gasteiger partial charge in [0.25, 0.3) is 0 Å². The molecule has 1 heterocycles. The Morgan fingerprint density at radius 2 is 1.95 bits per heavy atom. The third kappa shape index (κ3) is 3.32. The number of hydrogen-bond donors (Lipinski definition) is 3. The zero-order valence-electron chi connectivity index (χ0n) is 11.8. The number of rotatable bonds is 4. The summed E-state index contributed by atoms with van der Waals surface area (Å²) in [6.07, 6.45) is 1.77. The molecule has 0 spiro atoms. The second-order valence-corrected chi connectivity index (χ2v) is 4.94. The van der Waals surface area contributed by atoms with Crippen molar-refractivity contribution < 1.29 is 9.90 Å². The molecule has 22 heavy (non-hydrogen) atoms. The number of hydrazone groups is 1. The van der Waals surface area contributed by atoms with Gasteiger partial charge in [-0.3, -0.25) is 4.79 Å². The number of hydrogen-bond acceptors (Lipinski definition) is 3. The Labute approximate surface area is 127 Å². The van der Waals surface area contributed by atoms with E-state index in [1.165, 1.54) is 6.21 Å². The molecule has 5 heteroatoms. The van der Waals surface area contributed by atoms with Gasteiger partial charge in [-0.05, 0) is 47.3 Å². The molecule has 3 N–H and O–H groups in total. The lowest BCUT2D eigenvalue weighted by Gasteiger charge is -1.98. The van der Waals surface area contributed by atoms with Gasteiger partial charge >= 0.3 is 0 Å². The van der Waals surface area contributed by atoms with Gasteiger partial charge in [-0.25, -0.2) is 5.43 Å². The Hall–Kier alpha value is -3.08. The minimum Gasteiger partial charge on any atom is -0.508 e. The first-order chi connectivity index (χ1) is 10.7. The van der Waals surface area contributed by atoms with Gasteiger partial charge in [0.15, 0.2) is 0 Å². The van der Waals surface area contributed by atoms with E-state index in [9.17, 15) is 9.90 Å². The van der Waals surface area contributed by atoms with E-state index in [0.717, 1.165) is 22.2 Å². The van der Waals surface area contributed by atoms with E-state index in [1.54, 1.807) is 24.3 Å². The van der Waals surface area contributed by atoms with Crippen molar-refractivity contribution in [1.29, 1.82) is 0 Å². The molecule has 0 radical (unpaired) electrons. The molecule has 0 aliphatic heterocycles. The normalized spacial score (nSPS) is 11.1. The molecule has 0 bridgehead atoms. The molecule has 0 saturated carbocycles. The molecule has 110 valence electrons. The SMILES string of the molecule is O=C(Cc1cc2ccccc2[nH]1)N/N=C\c1ccc(O)cc1. The lowest BCUT2D eigenvalue weighted by Crippen LogP contribution is -2.19. The number of amides is 1. The summed E-state index contributed by atoms with van der Waals surface area (Å²) in [4.78, 5) is 15.0. The summed E-state index contributed by atoms with van der Waals surface area (Å²) >= 11 is 0. The molecule has 0 saturated heterocycles. The lowest BCUT2D eigenvalue weighted by atomic mass is 10.2. The van der Waals surface area contributed by atoms with Gasteiger partial charge in [0, 0.05) is 11.2 Å². The number of phenolic OH excluding ortho intramolecular Hbond substituents is 1. The fraction of sp³-hybridized carbons (Fsp3) is 0.0588. The van der Waals surface area contributed by atoms with Crippen molar-refractivity contribution in [3.05, 3.63) is 65.9 Å². The van der Waals surface area contributed by atoms with E-state index in [-0.39, 0.29) is 18.1 Å². The summed E-state index contributed by atoms with van der Waals surface area (Å²) in [6.45, 7) is 0. The van der Waals surface area contributed by atoms with Gasteiger partial charge in [-0.2, -0.15) is 5.10 Å². The maximum atomic E-state index is 11.8. The summed E-state index contributed by atoms with van der Waals surface area (Å²) in [7, 11) is 0. The molecule has 0 unspecified atom stereocenters. The number of nitrogens with zero attached hydrogens (tertiary/aromatic N) is 1. The van der Waals surface area contributed by atoms with Crippen LogP contribution in [-0.2, 0) is 11.2 Å². The Morgan fingerprint density at radius 3 is 2.73 bits per heavy atom. The molecule has 3 aromatic rings. The molecule has 0 aliphatic rings. The van der Waals surface area contributed by atoms with Crippen LogP contribution in [0.15, 0.2) is 59.7 Å². The highest BCUT2D eigenvalue weighted by atomic mass is 16.3. The number of nitrogens with one attached hydrogen (secondary N) is 2. The summed E-state index contributed by atoms with van der Waals surface area (Å²) < 4.78 is 0. The zero-order chi connectivity index (χ0) is 15.4. The van der Waals surface area contributed by atoms with Crippen molar-refractivity contribution >= 4 is 23.0 Å². The number of para-hydroxylation sites is 1. The van der Waals surface area contributed by atoms with Gasteiger partial charge in [0.05, 0.1) is 12.6 Å². The van der Waals surface area contributed by atoms with Gasteiger partial charge in [-0.15, -0.1) is 0 Å². The summed E-state index contributed by atoms with van der Waals surface area (Å²) in [5.41, 5.74) is 5.14. The van der Waals surface area contributed by atoms with Crippen LogP contribution >= 0.6 is 0 Å². The maximum absolute atomic E-state index is 11.8. The third-order valence-corrected chi connectivity index (χ3v) is 3.23. The van der Waals surface area contributed by atoms with Crippen LogP contribution in [-0.4, -0.2) is 22.2 Å². The van der Waals surface area contributed by atoms with E-state index >= 15 is 0 Å². The molecule has 0 fully saturated rings. The topological polar surface area (TPSA) is 77.5 Å². The summed E-state index contributed by atoms with van der Waals surface area (Å²) in [6, 6.07) is 16.4. The second kappa shape index (κ2) is 6.13. The molecule has 1 aromatic heterocycles. The van der Waals surface area contributed by atoms with E-state index in [4.69, 9.17) is 0 Å². The highest BCUT2D eigenvalue weighted by Gasteiger charge is 2.05. The Kier molecular flexibility index (Phi) is 3.87. The number of aromatic hydroxyl groups is 1. The first kappa shape index (κ1) is 13.9. The van der Waals surface area contributed by atoms with Crippen LogP contribution in [0.25, 0.3) is 10.9 Å². The molecule has 0 aliphatic carbocycles. The Bertz CT molecular complexity index is 786. The van der Waals surface area contributed by atoms with Gasteiger partial charge in [0.2, 0.25) is 5.91 Å². The number of phenols is 1. The summed E-state index contributed by atoms with van der Waals surface area (Å²) in [5.74, 6) is 0.00146. The van der Waals surface area contributed by atoms with Crippen molar-refractivity contribution in [2.75, 3.05) is 0 Å². The average molecular weight is 293 g/mol. The molecule has 1 amide bonds. The van der Waals surface area contributed by atoms with E-state index in [2.05, 4.69) is 15.5 Å². The van der Waals surface area contributed by atoms with Crippen molar-refractivity contribution in [1.82, 2.24) is 10.4 Å². The quantitative estimate of drug-likeness (QED) is 0.510. The molecule has 2 aromatic carbocycles. The lowest BCUT2D eigenvalue weighted by molar-refractivity contribution is -0.120. The molecular weight excluding hydrogens is 278 g/mol. The van der Waals surface area contributed by atoms with Crippen LogP contribution < -0.4 is 5.43 Å². The van der Waals surface area contributed by atoms with Gasteiger partial charge < -0.3 is 10.1 Å². The fourth-order valence-corrected chi connectivity index (χ4v) is 2.18. The van der Waals surface area contributed by atoms with Crippen molar-refractivity contribution in [2.24, 2.45) is 5.10 Å². The molecular formula is C17H15N3O2. The minimum absolute atomic E-state index is 0.193. The van der Waals surface area contributed by atoms with Crippen molar-refractivity contribution in [2.45, 2.75) is 6.42 Å². The highest BCUT2D eigenvalue weighted by Crippen LogP contribution is 2.14. The van der Waals surface area contributed by atoms with Crippen LogP contribution in [0.2, 0.25) is 0 Å². The van der Waals surface area contributed by atoms with Gasteiger partial charge in [-0.1, -0.05) is 18.2 Å². The number of aromatic amines is 1. The van der Waals surface area contributed by atoms with Crippen molar-refractivity contribution in [3.63, 3.8) is 0 Å². The number of aromatic nitrogens is 1. The van der Waals surface area contributed by atoms with E-state index in [1.807, 2.05) is 30.3 Å². The number of carbonyl (C=O) groups is 1. The first-order valence-electron chi connectivity index (χ1n) is 6.88. The fourth-order valence-electron chi connectivity index (χ4n) is 2.18. The third-order valence-electron chi connectivity index (χ3n) is 3.23. The Morgan fingerprint density at radius 1 is 1.18 bits per heavy atom. The van der Waals surface area contributed by atoms with E-state index in [0.29, 0.717) is 0 Å². The van der Waals surface area contributed by atoms with Crippen LogP contribution in [0, 0.1) is 0 Å². The molecule has 0 atom stereocenters. The Balaban J connectivity index is 1.59. The predicted octanol–water partition coefficient (Wildman–Crippen LogP) is 2.57. The first-order valence-corrected chi connectivity index (χ1v) is 6.88. The van der Waals surface area contributed by atoms with E-state index < -0.39 is 0 Å². The average Bonchev–Trinajstić information content (AvgIpc) is 2.91. The van der Waals surface area contributed by atoms with Crippen LogP contribution in [0.5, 0.6) is 5.75 Å². The second-order valence-electron chi connectivity index (χ2n) is 4.94. The number of benzene rings is 2. The summed E-state index contributed by atoms with van der Waals surface area (Å²) in [5, 5.41) is 14.2. The zero-order valence-corrected chi connectivity index (χ0v) is 11.8. The smallest absolute Gasteiger partial charge is 0.245 e. The largest absolute Gasteiger partial charge is 0.508 e. The maximum Gasteiger partial charge on any atom is 0.245 e.